The highest BCUT2D eigenvalue weighted by molar-refractivity contribution is 7.99. The van der Waals surface area contributed by atoms with Crippen LogP contribution in [-0.2, 0) is 4.79 Å². The van der Waals surface area contributed by atoms with Crippen LogP contribution in [0.4, 0.5) is 13.2 Å². The van der Waals surface area contributed by atoms with Crippen LogP contribution < -0.4 is 10.1 Å². The highest BCUT2D eigenvalue weighted by atomic mass is 32.2. The number of amides is 1. The molecule has 1 heterocycles. The average molecular weight is 349 g/mol. The van der Waals surface area contributed by atoms with E-state index in [1.165, 1.54) is 12.1 Å². The zero-order chi connectivity index (χ0) is 17.1. The van der Waals surface area contributed by atoms with Crippen LogP contribution in [0.5, 0.6) is 5.75 Å². The van der Waals surface area contributed by atoms with E-state index < -0.39 is 29.5 Å². The number of thioether (sulfide) groups is 1. The number of rotatable bonds is 4. The van der Waals surface area contributed by atoms with E-state index in [1.807, 2.05) is 0 Å². The van der Waals surface area contributed by atoms with Gasteiger partial charge in [-0.25, -0.2) is 4.79 Å². The molecule has 0 spiro atoms. The van der Waals surface area contributed by atoms with Gasteiger partial charge in [-0.05, 0) is 42.5 Å². The Hall–Kier alpha value is -1.90. The lowest BCUT2D eigenvalue weighted by Gasteiger charge is -2.33. The Morgan fingerprint density at radius 2 is 1.91 bits per heavy atom. The van der Waals surface area contributed by atoms with Crippen molar-refractivity contribution >= 4 is 23.6 Å². The molecule has 9 heteroatoms. The van der Waals surface area contributed by atoms with Crippen LogP contribution >= 0.6 is 11.8 Å². The number of aliphatic carboxylic acids is 1. The largest absolute Gasteiger partial charge is 0.573 e. The summed E-state index contributed by atoms with van der Waals surface area (Å²) in [5.74, 6) is -1.25. The molecule has 1 aliphatic heterocycles. The molecule has 126 valence electrons. The topological polar surface area (TPSA) is 75.6 Å². The number of nitrogens with one attached hydrogen (secondary N) is 1. The van der Waals surface area contributed by atoms with Gasteiger partial charge in [-0.15, -0.1) is 13.2 Å². The fourth-order valence-corrected chi connectivity index (χ4v) is 3.43. The number of hydrogen-bond acceptors (Lipinski definition) is 4. The van der Waals surface area contributed by atoms with Crippen molar-refractivity contribution in [3.8, 4) is 5.75 Å². The molecule has 0 atom stereocenters. The number of benzene rings is 1. The summed E-state index contributed by atoms with van der Waals surface area (Å²) in [7, 11) is 0. The van der Waals surface area contributed by atoms with Gasteiger partial charge in [-0.1, -0.05) is 6.07 Å². The van der Waals surface area contributed by atoms with E-state index in [0.29, 0.717) is 11.5 Å². The lowest BCUT2D eigenvalue weighted by molar-refractivity contribution is -0.274. The Morgan fingerprint density at radius 3 is 2.48 bits per heavy atom. The van der Waals surface area contributed by atoms with Crippen LogP contribution in [-0.4, -0.2) is 40.4 Å². The number of alkyl halides is 3. The molecular formula is C14H14F3NO4S. The monoisotopic (exact) mass is 349 g/mol. The van der Waals surface area contributed by atoms with E-state index in [2.05, 4.69) is 10.1 Å². The standard InChI is InChI=1S/C14H14F3NO4S/c15-14(16,17)22-10-3-1-2-9(8-10)11(19)18-13(12(20)21)4-6-23-7-5-13/h1-3,8H,4-7H2,(H,18,19)(H,20,21). The molecule has 1 amide bonds. The summed E-state index contributed by atoms with van der Waals surface area (Å²) in [5.41, 5.74) is -1.48. The van der Waals surface area contributed by atoms with Gasteiger partial charge in [0.15, 0.2) is 0 Å². The number of carbonyl (C=O) groups excluding carboxylic acids is 1. The summed E-state index contributed by atoms with van der Waals surface area (Å²) in [4.78, 5) is 23.7. The number of carbonyl (C=O) groups is 2. The molecule has 1 aliphatic rings. The Morgan fingerprint density at radius 1 is 1.26 bits per heavy atom. The molecule has 0 unspecified atom stereocenters. The Balaban J connectivity index is 2.16. The number of hydrogen-bond donors (Lipinski definition) is 2. The van der Waals surface area contributed by atoms with Crippen molar-refractivity contribution in [2.24, 2.45) is 0 Å². The van der Waals surface area contributed by atoms with Crippen LogP contribution in [0, 0.1) is 0 Å². The molecule has 0 bridgehead atoms. The number of ether oxygens (including phenoxy) is 1. The van der Waals surface area contributed by atoms with Crippen molar-refractivity contribution in [1.82, 2.24) is 5.32 Å². The zero-order valence-electron chi connectivity index (χ0n) is 11.9. The third-order valence-electron chi connectivity index (χ3n) is 3.44. The molecule has 0 aromatic heterocycles. The maximum Gasteiger partial charge on any atom is 0.573 e. The van der Waals surface area contributed by atoms with Gasteiger partial charge in [0.1, 0.15) is 11.3 Å². The van der Waals surface area contributed by atoms with E-state index in [4.69, 9.17) is 0 Å². The smallest absolute Gasteiger partial charge is 0.480 e. The van der Waals surface area contributed by atoms with Gasteiger partial charge < -0.3 is 15.2 Å². The Kier molecular flexibility index (Phi) is 5.08. The number of halogens is 3. The first kappa shape index (κ1) is 17.5. The van der Waals surface area contributed by atoms with Crippen molar-refractivity contribution in [2.75, 3.05) is 11.5 Å². The SMILES string of the molecule is O=C(NC1(C(=O)O)CCSCC1)c1cccc(OC(F)(F)F)c1. The van der Waals surface area contributed by atoms with E-state index in [9.17, 15) is 27.9 Å². The molecule has 2 N–H and O–H groups in total. The van der Waals surface area contributed by atoms with Gasteiger partial charge in [0.05, 0.1) is 0 Å². The third kappa shape index (κ3) is 4.54. The van der Waals surface area contributed by atoms with Crippen LogP contribution in [0.1, 0.15) is 23.2 Å². The van der Waals surface area contributed by atoms with Crippen molar-refractivity contribution in [3.05, 3.63) is 29.8 Å². The van der Waals surface area contributed by atoms with Crippen molar-refractivity contribution < 1.29 is 32.6 Å². The summed E-state index contributed by atoms with van der Waals surface area (Å²) >= 11 is 1.59. The van der Waals surface area contributed by atoms with Crippen molar-refractivity contribution in [1.29, 1.82) is 0 Å². The predicted molar refractivity (Wildman–Crippen MR) is 77.5 cm³/mol. The van der Waals surface area contributed by atoms with Crippen molar-refractivity contribution in [3.63, 3.8) is 0 Å². The zero-order valence-corrected chi connectivity index (χ0v) is 12.7. The molecule has 2 rings (SSSR count). The fraction of sp³-hybridized carbons (Fsp3) is 0.429. The molecule has 1 aromatic rings. The summed E-state index contributed by atoms with van der Waals surface area (Å²) in [5, 5.41) is 11.8. The normalized spacial score (nSPS) is 17.3. The van der Waals surface area contributed by atoms with Crippen LogP contribution in [0.25, 0.3) is 0 Å². The van der Waals surface area contributed by atoms with Crippen LogP contribution in [0.2, 0.25) is 0 Å². The first-order valence-electron chi connectivity index (χ1n) is 6.71. The average Bonchev–Trinajstić information content (AvgIpc) is 2.46. The van der Waals surface area contributed by atoms with Crippen molar-refractivity contribution in [2.45, 2.75) is 24.7 Å². The maximum atomic E-state index is 12.2. The van der Waals surface area contributed by atoms with Gasteiger partial charge in [-0.2, -0.15) is 11.8 Å². The van der Waals surface area contributed by atoms with Gasteiger partial charge in [0.25, 0.3) is 5.91 Å². The quantitative estimate of drug-likeness (QED) is 0.874. The molecular weight excluding hydrogens is 335 g/mol. The second-order valence-electron chi connectivity index (χ2n) is 5.03. The lowest BCUT2D eigenvalue weighted by atomic mass is 9.92. The lowest BCUT2D eigenvalue weighted by Crippen LogP contribution is -2.56. The highest BCUT2D eigenvalue weighted by Gasteiger charge is 2.41. The Labute approximate surface area is 134 Å². The number of carboxylic acids is 1. The molecule has 5 nitrogen and oxygen atoms in total. The third-order valence-corrected chi connectivity index (χ3v) is 4.42. The highest BCUT2D eigenvalue weighted by Crippen LogP contribution is 2.28. The second kappa shape index (κ2) is 6.69. The fourth-order valence-electron chi connectivity index (χ4n) is 2.24. The summed E-state index contributed by atoms with van der Waals surface area (Å²) in [6.07, 6.45) is -4.34. The summed E-state index contributed by atoms with van der Waals surface area (Å²) in [6, 6.07) is 4.52. The maximum absolute atomic E-state index is 12.2. The van der Waals surface area contributed by atoms with E-state index in [1.54, 1.807) is 11.8 Å². The molecule has 1 fully saturated rings. The van der Waals surface area contributed by atoms with E-state index >= 15 is 0 Å². The summed E-state index contributed by atoms with van der Waals surface area (Å²) < 4.78 is 40.4. The molecule has 0 radical (unpaired) electrons. The minimum atomic E-state index is -4.86. The molecule has 1 aromatic carbocycles. The van der Waals surface area contributed by atoms with Crippen LogP contribution in [0.15, 0.2) is 24.3 Å². The molecule has 1 saturated heterocycles. The minimum Gasteiger partial charge on any atom is -0.480 e. The molecule has 23 heavy (non-hydrogen) atoms. The van der Waals surface area contributed by atoms with E-state index in [-0.39, 0.29) is 18.4 Å². The predicted octanol–water partition coefficient (Wildman–Crippen LogP) is 2.67. The second-order valence-corrected chi connectivity index (χ2v) is 6.25. The Bertz CT molecular complexity index is 600. The van der Waals surface area contributed by atoms with Gasteiger partial charge in [0.2, 0.25) is 0 Å². The molecule has 0 aliphatic carbocycles. The number of carboxylic acid groups (broad SMARTS) is 1. The van der Waals surface area contributed by atoms with Gasteiger partial charge in [-0.3, -0.25) is 4.79 Å². The first-order valence-corrected chi connectivity index (χ1v) is 7.87. The molecule has 0 saturated carbocycles. The van der Waals surface area contributed by atoms with E-state index in [0.717, 1.165) is 12.1 Å². The first-order chi connectivity index (χ1) is 10.7. The van der Waals surface area contributed by atoms with Gasteiger partial charge >= 0.3 is 12.3 Å². The minimum absolute atomic E-state index is 0.0920. The summed E-state index contributed by atoms with van der Waals surface area (Å²) in [6.45, 7) is 0. The van der Waals surface area contributed by atoms with Crippen LogP contribution in [0.3, 0.4) is 0 Å². The van der Waals surface area contributed by atoms with Gasteiger partial charge in [0, 0.05) is 5.56 Å².